The summed E-state index contributed by atoms with van der Waals surface area (Å²) in [7, 11) is -3.55. The molecule has 1 aliphatic rings. The Morgan fingerprint density at radius 1 is 0.933 bits per heavy atom. The molecule has 30 heavy (non-hydrogen) atoms. The molecule has 0 spiro atoms. The second-order valence-corrected chi connectivity index (χ2v) is 14.5. The van der Waals surface area contributed by atoms with Gasteiger partial charge in [0.2, 0.25) is 0 Å². The standard InChI is InChI=1S/C24H37NO2S3/c1-9-11-12-16(10-2)15-25-17-13-19(23(3,4)5)28-21(17)22-18(30(25,26)27)14-20(29-22)24(6,7)8/h13-14,16H,9-12,15H2,1-8H3. The van der Waals surface area contributed by atoms with E-state index in [2.05, 4.69) is 61.5 Å². The molecule has 2 aromatic rings. The van der Waals surface area contributed by atoms with E-state index in [-0.39, 0.29) is 10.8 Å². The minimum Gasteiger partial charge on any atom is -0.264 e. The first-order chi connectivity index (χ1) is 13.8. The number of thiophene rings is 2. The lowest BCUT2D eigenvalue weighted by atomic mass is 9.94. The zero-order valence-electron chi connectivity index (χ0n) is 19.8. The van der Waals surface area contributed by atoms with Crippen molar-refractivity contribution in [3.8, 4) is 9.75 Å². The largest absolute Gasteiger partial charge is 0.265 e. The molecule has 1 unspecified atom stereocenters. The molecule has 168 valence electrons. The van der Waals surface area contributed by atoms with Crippen LogP contribution in [0.4, 0.5) is 5.69 Å². The van der Waals surface area contributed by atoms with Crippen molar-refractivity contribution in [2.24, 2.45) is 5.92 Å². The topological polar surface area (TPSA) is 37.4 Å². The molecule has 0 radical (unpaired) electrons. The number of fused-ring (bicyclic) bond motifs is 3. The molecule has 3 rings (SSSR count). The summed E-state index contributed by atoms with van der Waals surface area (Å²) in [5, 5.41) is 0. The highest BCUT2D eigenvalue weighted by atomic mass is 32.2. The van der Waals surface area contributed by atoms with Crippen molar-refractivity contribution in [1.82, 2.24) is 0 Å². The molecular formula is C24H37NO2S3. The summed E-state index contributed by atoms with van der Waals surface area (Å²) in [6, 6.07) is 4.08. The lowest BCUT2D eigenvalue weighted by Crippen LogP contribution is -2.37. The van der Waals surface area contributed by atoms with E-state index in [1.165, 1.54) is 4.88 Å². The van der Waals surface area contributed by atoms with Gasteiger partial charge < -0.3 is 0 Å². The van der Waals surface area contributed by atoms with Gasteiger partial charge in [-0.05, 0) is 35.3 Å². The van der Waals surface area contributed by atoms with Crippen LogP contribution in [0.25, 0.3) is 9.75 Å². The van der Waals surface area contributed by atoms with Crippen LogP contribution in [0.5, 0.6) is 0 Å². The number of unbranched alkanes of at least 4 members (excludes halogenated alkanes) is 1. The average molecular weight is 468 g/mol. The Morgan fingerprint density at radius 2 is 1.50 bits per heavy atom. The maximum absolute atomic E-state index is 13.8. The Bertz CT molecular complexity index is 1000. The monoisotopic (exact) mass is 467 g/mol. The van der Waals surface area contributed by atoms with Crippen LogP contribution >= 0.6 is 22.7 Å². The molecule has 1 aliphatic heterocycles. The first kappa shape index (κ1) is 23.8. The van der Waals surface area contributed by atoms with Gasteiger partial charge in [-0.1, -0.05) is 74.7 Å². The van der Waals surface area contributed by atoms with Gasteiger partial charge in [-0.3, -0.25) is 4.31 Å². The average Bonchev–Trinajstić information content (AvgIpc) is 3.25. The highest BCUT2D eigenvalue weighted by molar-refractivity contribution is 7.93. The fraction of sp³-hybridized carbons (Fsp3) is 0.667. The van der Waals surface area contributed by atoms with E-state index in [1.54, 1.807) is 27.0 Å². The van der Waals surface area contributed by atoms with Crippen LogP contribution < -0.4 is 4.31 Å². The van der Waals surface area contributed by atoms with Crippen LogP contribution in [0.15, 0.2) is 17.0 Å². The van der Waals surface area contributed by atoms with Crippen LogP contribution in [0.1, 0.15) is 90.8 Å². The first-order valence-electron chi connectivity index (χ1n) is 11.1. The third-order valence-electron chi connectivity index (χ3n) is 5.90. The van der Waals surface area contributed by atoms with E-state index in [9.17, 15) is 8.42 Å². The van der Waals surface area contributed by atoms with Gasteiger partial charge in [0, 0.05) is 16.3 Å². The maximum Gasteiger partial charge on any atom is 0.265 e. The van der Waals surface area contributed by atoms with Crippen molar-refractivity contribution >= 4 is 38.4 Å². The third kappa shape index (κ3) is 4.37. The summed E-state index contributed by atoms with van der Waals surface area (Å²) in [5.41, 5.74) is 0.822. The Morgan fingerprint density at radius 3 is 2.03 bits per heavy atom. The first-order valence-corrected chi connectivity index (χ1v) is 14.2. The minimum atomic E-state index is -3.55. The van der Waals surface area contributed by atoms with Gasteiger partial charge in [-0.2, -0.15) is 0 Å². The van der Waals surface area contributed by atoms with E-state index in [0.29, 0.717) is 17.4 Å². The summed E-state index contributed by atoms with van der Waals surface area (Å²) >= 11 is 3.43. The second-order valence-electron chi connectivity index (χ2n) is 10.6. The Kier molecular flexibility index (Phi) is 6.55. The second kappa shape index (κ2) is 8.25. The number of anilines is 1. The fourth-order valence-corrected chi connectivity index (χ4v) is 8.56. The number of hydrogen-bond acceptors (Lipinski definition) is 4. The molecule has 0 saturated heterocycles. The van der Waals surface area contributed by atoms with Crippen molar-refractivity contribution in [2.45, 2.75) is 96.8 Å². The van der Waals surface area contributed by atoms with Crippen molar-refractivity contribution in [3.63, 3.8) is 0 Å². The van der Waals surface area contributed by atoms with E-state index >= 15 is 0 Å². The SMILES string of the molecule is CCCCC(CC)CN1c2cc(C(C)(C)C)sc2-c2sc(C(C)(C)C)cc2S1(=O)=O. The highest BCUT2D eigenvalue weighted by Gasteiger charge is 2.41. The summed E-state index contributed by atoms with van der Waals surface area (Å²) in [6.45, 7) is 18.0. The third-order valence-corrected chi connectivity index (χ3v) is 11.1. The minimum absolute atomic E-state index is 0.00587. The van der Waals surface area contributed by atoms with E-state index < -0.39 is 10.0 Å². The summed E-state index contributed by atoms with van der Waals surface area (Å²) in [4.78, 5) is 4.96. The quantitative estimate of drug-likeness (QED) is 0.434. The molecule has 0 aromatic carbocycles. The maximum atomic E-state index is 13.8. The van der Waals surface area contributed by atoms with Gasteiger partial charge in [0.1, 0.15) is 4.90 Å². The molecule has 0 bridgehead atoms. The predicted molar refractivity (Wildman–Crippen MR) is 133 cm³/mol. The number of nitrogens with zero attached hydrogens (tertiary/aromatic N) is 1. The van der Waals surface area contributed by atoms with E-state index in [4.69, 9.17) is 0 Å². The normalized spacial score (nSPS) is 17.0. The zero-order valence-corrected chi connectivity index (χ0v) is 22.2. The van der Waals surface area contributed by atoms with Gasteiger partial charge in [-0.15, -0.1) is 22.7 Å². The van der Waals surface area contributed by atoms with Crippen molar-refractivity contribution < 1.29 is 8.42 Å². The molecule has 0 fully saturated rings. The van der Waals surface area contributed by atoms with Gasteiger partial charge >= 0.3 is 0 Å². The van der Waals surface area contributed by atoms with Crippen LogP contribution in [-0.4, -0.2) is 15.0 Å². The molecule has 1 atom stereocenters. The van der Waals surface area contributed by atoms with Crippen LogP contribution in [0, 0.1) is 5.92 Å². The smallest absolute Gasteiger partial charge is 0.264 e. The molecule has 0 aliphatic carbocycles. The number of rotatable bonds is 6. The Balaban J connectivity index is 2.18. The van der Waals surface area contributed by atoms with E-state index in [1.807, 2.05) is 6.07 Å². The summed E-state index contributed by atoms with van der Waals surface area (Å²) in [5.74, 6) is 0.382. The van der Waals surface area contributed by atoms with Gasteiger partial charge in [0.25, 0.3) is 10.0 Å². The Hall–Kier alpha value is -0.850. The Labute approximate surface area is 191 Å². The lowest BCUT2D eigenvalue weighted by molar-refractivity contribution is 0.458. The molecule has 2 aromatic heterocycles. The molecule has 3 nitrogen and oxygen atoms in total. The van der Waals surface area contributed by atoms with Crippen LogP contribution in [-0.2, 0) is 20.9 Å². The van der Waals surface area contributed by atoms with E-state index in [0.717, 1.165) is 46.0 Å². The highest BCUT2D eigenvalue weighted by Crippen LogP contribution is 2.54. The van der Waals surface area contributed by atoms with Crippen LogP contribution in [0.3, 0.4) is 0 Å². The molecule has 0 amide bonds. The predicted octanol–water partition coefficient (Wildman–Crippen LogP) is 7.80. The fourth-order valence-electron chi connectivity index (χ4n) is 3.79. The zero-order chi connectivity index (χ0) is 22.5. The van der Waals surface area contributed by atoms with Crippen molar-refractivity contribution in [1.29, 1.82) is 0 Å². The van der Waals surface area contributed by atoms with Crippen LogP contribution in [0.2, 0.25) is 0 Å². The lowest BCUT2D eigenvalue weighted by Gasteiger charge is -2.31. The number of hydrogen-bond donors (Lipinski definition) is 0. The number of sulfonamides is 1. The van der Waals surface area contributed by atoms with Gasteiger partial charge in [0.05, 0.1) is 15.4 Å². The molecule has 0 saturated carbocycles. The molecule has 3 heterocycles. The molecular weight excluding hydrogens is 430 g/mol. The summed E-state index contributed by atoms with van der Waals surface area (Å²) < 4.78 is 29.4. The van der Waals surface area contributed by atoms with Crippen molar-refractivity contribution in [3.05, 3.63) is 21.9 Å². The van der Waals surface area contributed by atoms with Gasteiger partial charge in [0.15, 0.2) is 0 Å². The van der Waals surface area contributed by atoms with Crippen molar-refractivity contribution in [2.75, 3.05) is 10.8 Å². The molecule has 0 N–H and O–H groups in total. The molecule has 6 heteroatoms. The summed E-state index contributed by atoms with van der Waals surface area (Å²) in [6.07, 6.45) is 4.37. The van der Waals surface area contributed by atoms with Gasteiger partial charge in [-0.25, -0.2) is 8.42 Å².